The van der Waals surface area contributed by atoms with Gasteiger partial charge in [-0.2, -0.15) is 0 Å². The van der Waals surface area contributed by atoms with Gasteiger partial charge in [-0.3, -0.25) is 9.78 Å². The van der Waals surface area contributed by atoms with Gasteiger partial charge in [-0.25, -0.2) is 0 Å². The van der Waals surface area contributed by atoms with Crippen molar-refractivity contribution in [3.63, 3.8) is 0 Å². The van der Waals surface area contributed by atoms with Crippen LogP contribution < -0.4 is 10.6 Å². The molecule has 0 aliphatic carbocycles. The molecule has 25 heavy (non-hydrogen) atoms. The van der Waals surface area contributed by atoms with E-state index in [2.05, 4.69) is 46.6 Å². The van der Waals surface area contributed by atoms with Crippen molar-refractivity contribution in [3.05, 3.63) is 60.0 Å². The highest BCUT2D eigenvalue weighted by molar-refractivity contribution is 5.93. The average molecular weight is 336 g/mol. The third kappa shape index (κ3) is 4.18. The van der Waals surface area contributed by atoms with Gasteiger partial charge in [0.25, 0.3) is 5.91 Å². The van der Waals surface area contributed by atoms with Gasteiger partial charge in [0, 0.05) is 41.6 Å². The molecule has 2 aromatic heterocycles. The molecule has 0 bridgehead atoms. The molecule has 3 N–H and O–H groups in total. The molecule has 1 aromatic carbocycles. The lowest BCUT2D eigenvalue weighted by atomic mass is 10.1. The molecular formula is C20H24N4O. The second-order valence-electron chi connectivity index (χ2n) is 6.25. The van der Waals surface area contributed by atoms with Crippen molar-refractivity contribution < 1.29 is 4.79 Å². The number of pyridine rings is 1. The maximum atomic E-state index is 12.3. The largest absolute Gasteiger partial charge is 0.382 e. The monoisotopic (exact) mass is 336 g/mol. The van der Waals surface area contributed by atoms with E-state index in [4.69, 9.17) is 0 Å². The molecule has 0 aliphatic heterocycles. The number of nitrogens with zero attached hydrogens (tertiary/aromatic N) is 1. The summed E-state index contributed by atoms with van der Waals surface area (Å²) in [5.41, 5.74) is 3.68. The number of aromatic amines is 1. The molecule has 3 rings (SSSR count). The van der Waals surface area contributed by atoms with Gasteiger partial charge in [-0.05, 0) is 43.5 Å². The summed E-state index contributed by atoms with van der Waals surface area (Å²) in [6, 6.07) is 12.2. The standard InChI is InChI=1S/C20H24N4O/c1-3-14(2)24-16-9-11-21-19(12-16)20(25)22-10-8-15-13-23-18-7-5-4-6-17(15)18/h4-7,9,11-14,23H,3,8,10H2,1-2H3,(H,21,24)(H,22,25). The van der Waals surface area contributed by atoms with E-state index in [1.54, 1.807) is 12.3 Å². The van der Waals surface area contributed by atoms with Crippen LogP contribution in [0.15, 0.2) is 48.8 Å². The normalized spacial score (nSPS) is 12.1. The quantitative estimate of drug-likeness (QED) is 0.615. The number of benzene rings is 1. The molecule has 1 unspecified atom stereocenters. The van der Waals surface area contributed by atoms with Crippen LogP contribution in [0.5, 0.6) is 0 Å². The summed E-state index contributed by atoms with van der Waals surface area (Å²) in [5, 5.41) is 7.52. The van der Waals surface area contributed by atoms with E-state index in [0.717, 1.165) is 24.0 Å². The lowest BCUT2D eigenvalue weighted by Gasteiger charge is -2.13. The highest BCUT2D eigenvalue weighted by Gasteiger charge is 2.09. The topological polar surface area (TPSA) is 69.8 Å². The van der Waals surface area contributed by atoms with E-state index < -0.39 is 0 Å². The van der Waals surface area contributed by atoms with Gasteiger partial charge in [0.1, 0.15) is 5.69 Å². The number of H-pyrrole nitrogens is 1. The van der Waals surface area contributed by atoms with E-state index in [-0.39, 0.29) is 5.91 Å². The first-order chi connectivity index (χ1) is 12.2. The molecule has 0 saturated carbocycles. The number of nitrogens with one attached hydrogen (secondary N) is 3. The van der Waals surface area contributed by atoms with Crippen LogP contribution >= 0.6 is 0 Å². The first-order valence-electron chi connectivity index (χ1n) is 8.73. The SMILES string of the molecule is CCC(C)Nc1ccnc(C(=O)NCCc2c[nH]c3ccccc23)c1. The van der Waals surface area contributed by atoms with E-state index in [1.807, 2.05) is 24.4 Å². The van der Waals surface area contributed by atoms with Crippen molar-refractivity contribution >= 4 is 22.5 Å². The molecule has 0 fully saturated rings. The molecular weight excluding hydrogens is 312 g/mol. The Morgan fingerprint density at radius 1 is 1.28 bits per heavy atom. The van der Waals surface area contributed by atoms with E-state index in [9.17, 15) is 4.79 Å². The maximum absolute atomic E-state index is 12.3. The fraction of sp³-hybridized carbons (Fsp3) is 0.300. The second kappa shape index (κ2) is 7.83. The smallest absolute Gasteiger partial charge is 0.269 e. The fourth-order valence-electron chi connectivity index (χ4n) is 2.77. The number of rotatable bonds is 7. The maximum Gasteiger partial charge on any atom is 0.269 e. The van der Waals surface area contributed by atoms with Crippen LogP contribution in [0.2, 0.25) is 0 Å². The molecule has 3 aromatic rings. The molecule has 1 atom stereocenters. The summed E-state index contributed by atoms with van der Waals surface area (Å²) in [5.74, 6) is -0.146. The third-order valence-corrected chi connectivity index (χ3v) is 4.37. The highest BCUT2D eigenvalue weighted by Crippen LogP contribution is 2.17. The van der Waals surface area contributed by atoms with E-state index >= 15 is 0 Å². The lowest BCUT2D eigenvalue weighted by Crippen LogP contribution is -2.26. The molecule has 2 heterocycles. The van der Waals surface area contributed by atoms with Crippen LogP contribution in [0.3, 0.4) is 0 Å². The summed E-state index contributed by atoms with van der Waals surface area (Å²) in [6.07, 6.45) is 5.47. The minimum absolute atomic E-state index is 0.146. The van der Waals surface area contributed by atoms with Crippen LogP contribution in [0.4, 0.5) is 5.69 Å². The van der Waals surface area contributed by atoms with Crippen LogP contribution in [-0.4, -0.2) is 28.5 Å². The van der Waals surface area contributed by atoms with E-state index in [0.29, 0.717) is 18.3 Å². The number of hydrogen-bond acceptors (Lipinski definition) is 3. The number of anilines is 1. The third-order valence-electron chi connectivity index (χ3n) is 4.37. The Kier molecular flexibility index (Phi) is 5.33. The Morgan fingerprint density at radius 3 is 2.96 bits per heavy atom. The van der Waals surface area contributed by atoms with Crippen LogP contribution in [0, 0.1) is 0 Å². The number of para-hydroxylation sites is 1. The van der Waals surface area contributed by atoms with Crippen molar-refractivity contribution in [1.82, 2.24) is 15.3 Å². The number of carbonyl (C=O) groups excluding carboxylic acids is 1. The Morgan fingerprint density at radius 2 is 2.12 bits per heavy atom. The van der Waals surface area contributed by atoms with Gasteiger partial charge in [-0.1, -0.05) is 25.1 Å². The zero-order valence-corrected chi connectivity index (χ0v) is 14.7. The van der Waals surface area contributed by atoms with Crippen molar-refractivity contribution in [2.45, 2.75) is 32.7 Å². The fourth-order valence-corrected chi connectivity index (χ4v) is 2.77. The first-order valence-corrected chi connectivity index (χ1v) is 8.73. The van der Waals surface area contributed by atoms with Gasteiger partial charge in [0.2, 0.25) is 0 Å². The number of fused-ring (bicyclic) bond motifs is 1. The summed E-state index contributed by atoms with van der Waals surface area (Å²) in [4.78, 5) is 19.8. The number of hydrogen-bond donors (Lipinski definition) is 3. The molecule has 0 aliphatic rings. The zero-order valence-electron chi connectivity index (χ0n) is 14.7. The average Bonchev–Trinajstić information content (AvgIpc) is 3.05. The Hall–Kier alpha value is -2.82. The predicted molar refractivity (Wildman–Crippen MR) is 102 cm³/mol. The van der Waals surface area contributed by atoms with Crippen molar-refractivity contribution in [3.8, 4) is 0 Å². The van der Waals surface area contributed by atoms with Gasteiger partial charge in [0.15, 0.2) is 0 Å². The Bertz CT molecular complexity index is 856. The van der Waals surface area contributed by atoms with Gasteiger partial charge in [-0.15, -0.1) is 0 Å². The van der Waals surface area contributed by atoms with Gasteiger partial charge in [0.05, 0.1) is 0 Å². The summed E-state index contributed by atoms with van der Waals surface area (Å²) >= 11 is 0. The lowest BCUT2D eigenvalue weighted by molar-refractivity contribution is 0.0949. The van der Waals surface area contributed by atoms with Crippen molar-refractivity contribution in [1.29, 1.82) is 0 Å². The summed E-state index contributed by atoms with van der Waals surface area (Å²) in [6.45, 7) is 4.81. The van der Waals surface area contributed by atoms with Crippen LogP contribution in [0.1, 0.15) is 36.3 Å². The zero-order chi connectivity index (χ0) is 17.6. The van der Waals surface area contributed by atoms with Crippen LogP contribution in [0.25, 0.3) is 10.9 Å². The number of carbonyl (C=O) groups is 1. The first kappa shape index (κ1) is 17.0. The Balaban J connectivity index is 1.58. The minimum Gasteiger partial charge on any atom is -0.382 e. The van der Waals surface area contributed by atoms with Crippen LogP contribution in [-0.2, 0) is 6.42 Å². The van der Waals surface area contributed by atoms with Crippen molar-refractivity contribution in [2.75, 3.05) is 11.9 Å². The van der Waals surface area contributed by atoms with Crippen molar-refractivity contribution in [2.24, 2.45) is 0 Å². The molecule has 5 nitrogen and oxygen atoms in total. The Labute approximate surface area is 147 Å². The van der Waals surface area contributed by atoms with Gasteiger partial charge < -0.3 is 15.6 Å². The molecule has 1 amide bonds. The summed E-state index contributed by atoms with van der Waals surface area (Å²) in [7, 11) is 0. The summed E-state index contributed by atoms with van der Waals surface area (Å²) < 4.78 is 0. The molecule has 5 heteroatoms. The molecule has 0 radical (unpaired) electrons. The number of aromatic nitrogens is 2. The molecule has 130 valence electrons. The highest BCUT2D eigenvalue weighted by atomic mass is 16.1. The number of amides is 1. The minimum atomic E-state index is -0.146. The molecule has 0 saturated heterocycles. The van der Waals surface area contributed by atoms with E-state index in [1.165, 1.54) is 10.9 Å². The molecule has 0 spiro atoms. The second-order valence-corrected chi connectivity index (χ2v) is 6.25. The van der Waals surface area contributed by atoms with Gasteiger partial charge >= 0.3 is 0 Å². The predicted octanol–water partition coefficient (Wildman–Crippen LogP) is 3.75.